The molecule has 1 aliphatic heterocycles. The van der Waals surface area contributed by atoms with Gasteiger partial charge in [-0.15, -0.1) is 0 Å². The molecule has 2 rings (SSSR count). The van der Waals surface area contributed by atoms with Crippen LogP contribution in [-0.4, -0.2) is 57.8 Å². The second-order valence-electron chi connectivity index (χ2n) is 5.77. The Morgan fingerprint density at radius 3 is 2.56 bits per heavy atom. The normalized spacial score (nSPS) is 37.1. The molecule has 2 fully saturated rings. The minimum Gasteiger partial charge on any atom is -0.481 e. The van der Waals surface area contributed by atoms with Crippen molar-refractivity contribution in [2.45, 2.75) is 43.7 Å². The lowest BCUT2D eigenvalue weighted by Gasteiger charge is -2.39. The molecule has 1 saturated heterocycles. The van der Waals surface area contributed by atoms with E-state index < -0.39 is 11.6 Å². The Balaban J connectivity index is 1.83. The van der Waals surface area contributed by atoms with E-state index in [0.29, 0.717) is 38.3 Å². The zero-order chi connectivity index (χ0) is 13.2. The zero-order valence-corrected chi connectivity index (χ0v) is 11.8. The van der Waals surface area contributed by atoms with Gasteiger partial charge in [0.2, 0.25) is 0 Å². The molecule has 0 amide bonds. The molecule has 0 radical (unpaired) electrons. The van der Waals surface area contributed by atoms with Gasteiger partial charge >= 0.3 is 5.97 Å². The maximum Gasteiger partial charge on any atom is 0.306 e. The summed E-state index contributed by atoms with van der Waals surface area (Å²) in [6.45, 7) is 0.685. The summed E-state index contributed by atoms with van der Waals surface area (Å²) in [5.41, 5.74) is -0.673. The number of hydrogen-bond donors (Lipinski definition) is 2. The van der Waals surface area contributed by atoms with Gasteiger partial charge in [0.25, 0.3) is 0 Å². The van der Waals surface area contributed by atoms with Crippen LogP contribution in [0.3, 0.4) is 0 Å². The number of carboxylic acid groups (broad SMARTS) is 1. The van der Waals surface area contributed by atoms with Gasteiger partial charge in [-0.3, -0.25) is 9.69 Å². The number of carboxylic acids is 1. The van der Waals surface area contributed by atoms with E-state index in [-0.39, 0.29) is 5.92 Å². The maximum atomic E-state index is 10.9. The molecule has 5 heteroatoms. The Morgan fingerprint density at radius 1 is 1.39 bits per heavy atom. The van der Waals surface area contributed by atoms with Crippen LogP contribution in [0.1, 0.15) is 32.1 Å². The van der Waals surface area contributed by atoms with Crippen LogP contribution in [-0.2, 0) is 4.79 Å². The fraction of sp³-hybridized carbons (Fsp3) is 0.923. The van der Waals surface area contributed by atoms with Crippen molar-refractivity contribution >= 4 is 17.7 Å². The van der Waals surface area contributed by atoms with Crippen molar-refractivity contribution in [2.24, 2.45) is 5.92 Å². The predicted molar refractivity (Wildman–Crippen MR) is 72.9 cm³/mol. The molecule has 1 saturated carbocycles. The van der Waals surface area contributed by atoms with Crippen LogP contribution in [0.15, 0.2) is 0 Å². The third-order valence-corrected chi connectivity index (χ3v) is 5.48. The van der Waals surface area contributed by atoms with Crippen molar-refractivity contribution in [2.75, 3.05) is 25.1 Å². The fourth-order valence-corrected chi connectivity index (χ4v) is 4.32. The molecule has 4 nitrogen and oxygen atoms in total. The SMILES string of the molecule is CN(CC1(O)CCC(C(=O)O)CC1)C1CCSC1. The van der Waals surface area contributed by atoms with E-state index in [4.69, 9.17) is 5.11 Å². The summed E-state index contributed by atoms with van der Waals surface area (Å²) in [6, 6.07) is 0.580. The number of rotatable bonds is 4. The lowest BCUT2D eigenvalue weighted by atomic mass is 9.78. The Labute approximate surface area is 113 Å². The molecule has 2 N–H and O–H groups in total. The summed E-state index contributed by atoms with van der Waals surface area (Å²) in [5, 5.41) is 19.5. The first-order valence-corrected chi connectivity index (χ1v) is 7.89. The zero-order valence-electron chi connectivity index (χ0n) is 11.0. The van der Waals surface area contributed by atoms with Crippen LogP contribution in [0.4, 0.5) is 0 Å². The number of nitrogens with zero attached hydrogens (tertiary/aromatic N) is 1. The van der Waals surface area contributed by atoms with Crippen molar-refractivity contribution in [1.29, 1.82) is 0 Å². The first-order valence-electron chi connectivity index (χ1n) is 6.73. The van der Waals surface area contributed by atoms with Crippen molar-refractivity contribution in [1.82, 2.24) is 4.90 Å². The van der Waals surface area contributed by atoms with E-state index in [0.717, 1.165) is 5.75 Å². The van der Waals surface area contributed by atoms with Crippen LogP contribution >= 0.6 is 11.8 Å². The molecular formula is C13H23NO3S. The molecule has 0 bridgehead atoms. The smallest absolute Gasteiger partial charge is 0.306 e. The molecule has 1 unspecified atom stereocenters. The van der Waals surface area contributed by atoms with E-state index in [2.05, 4.69) is 11.9 Å². The van der Waals surface area contributed by atoms with Crippen LogP contribution < -0.4 is 0 Å². The molecule has 0 aromatic rings. The maximum absolute atomic E-state index is 10.9. The van der Waals surface area contributed by atoms with Crippen LogP contribution in [0, 0.1) is 5.92 Å². The summed E-state index contributed by atoms with van der Waals surface area (Å²) >= 11 is 1.97. The van der Waals surface area contributed by atoms with Gasteiger partial charge in [0.05, 0.1) is 11.5 Å². The number of hydrogen-bond acceptors (Lipinski definition) is 4. The van der Waals surface area contributed by atoms with Gasteiger partial charge in [-0.05, 0) is 44.9 Å². The minimum absolute atomic E-state index is 0.252. The summed E-state index contributed by atoms with van der Waals surface area (Å²) in [5.74, 6) is 1.41. The molecule has 104 valence electrons. The van der Waals surface area contributed by atoms with Gasteiger partial charge in [0.15, 0.2) is 0 Å². The number of thioether (sulfide) groups is 1. The van der Waals surface area contributed by atoms with Crippen molar-refractivity contribution in [3.63, 3.8) is 0 Å². The minimum atomic E-state index is -0.711. The molecule has 1 aliphatic carbocycles. The van der Waals surface area contributed by atoms with Crippen LogP contribution in [0.2, 0.25) is 0 Å². The first-order chi connectivity index (χ1) is 8.50. The highest BCUT2D eigenvalue weighted by atomic mass is 32.2. The molecule has 0 aromatic heterocycles. The number of likely N-dealkylation sites (N-methyl/N-ethyl adjacent to an activating group) is 1. The standard InChI is InChI=1S/C13H23NO3S/c1-14(11-4-7-18-8-11)9-13(17)5-2-10(3-6-13)12(15)16/h10-11,17H,2-9H2,1H3,(H,15,16). The lowest BCUT2D eigenvalue weighted by molar-refractivity contribution is -0.145. The second kappa shape index (κ2) is 5.80. The van der Waals surface area contributed by atoms with Crippen LogP contribution in [0.5, 0.6) is 0 Å². The highest BCUT2D eigenvalue weighted by Crippen LogP contribution is 2.34. The van der Waals surface area contributed by atoms with Gasteiger partial charge in [-0.25, -0.2) is 0 Å². The predicted octanol–water partition coefficient (Wildman–Crippen LogP) is 1.43. The van der Waals surface area contributed by atoms with Crippen molar-refractivity contribution in [3.05, 3.63) is 0 Å². The molecule has 0 spiro atoms. The average molecular weight is 273 g/mol. The number of aliphatic carboxylic acids is 1. The molecule has 2 aliphatic rings. The van der Waals surface area contributed by atoms with Gasteiger partial charge in [-0.2, -0.15) is 11.8 Å². The van der Waals surface area contributed by atoms with E-state index >= 15 is 0 Å². The van der Waals surface area contributed by atoms with E-state index in [1.807, 2.05) is 11.8 Å². The van der Waals surface area contributed by atoms with Crippen molar-refractivity contribution < 1.29 is 15.0 Å². The molecule has 1 atom stereocenters. The number of carbonyl (C=O) groups is 1. The second-order valence-corrected chi connectivity index (χ2v) is 6.92. The summed E-state index contributed by atoms with van der Waals surface area (Å²) in [7, 11) is 2.08. The van der Waals surface area contributed by atoms with Gasteiger partial charge in [-0.1, -0.05) is 0 Å². The van der Waals surface area contributed by atoms with Crippen molar-refractivity contribution in [3.8, 4) is 0 Å². The Morgan fingerprint density at radius 2 is 2.06 bits per heavy atom. The Bertz CT molecular complexity index is 297. The lowest BCUT2D eigenvalue weighted by Crippen LogP contribution is -2.48. The first kappa shape index (κ1) is 14.2. The largest absolute Gasteiger partial charge is 0.481 e. The Hall–Kier alpha value is -0.260. The van der Waals surface area contributed by atoms with E-state index in [9.17, 15) is 9.90 Å². The molecular weight excluding hydrogens is 250 g/mol. The van der Waals surface area contributed by atoms with Gasteiger partial charge in [0.1, 0.15) is 0 Å². The van der Waals surface area contributed by atoms with Gasteiger partial charge < -0.3 is 10.2 Å². The third kappa shape index (κ3) is 3.39. The van der Waals surface area contributed by atoms with Gasteiger partial charge in [0, 0.05) is 18.3 Å². The highest BCUT2D eigenvalue weighted by molar-refractivity contribution is 7.99. The molecule has 1 heterocycles. The summed E-state index contributed by atoms with van der Waals surface area (Å²) in [6.07, 6.45) is 3.66. The quantitative estimate of drug-likeness (QED) is 0.811. The van der Waals surface area contributed by atoms with Crippen LogP contribution in [0.25, 0.3) is 0 Å². The summed E-state index contributed by atoms with van der Waals surface area (Å²) in [4.78, 5) is 13.2. The molecule has 18 heavy (non-hydrogen) atoms. The topological polar surface area (TPSA) is 60.8 Å². The third-order valence-electron chi connectivity index (χ3n) is 4.34. The van der Waals surface area contributed by atoms with E-state index in [1.54, 1.807) is 0 Å². The highest BCUT2D eigenvalue weighted by Gasteiger charge is 2.37. The average Bonchev–Trinajstić information content (AvgIpc) is 2.82. The Kier molecular flexibility index (Phi) is 4.56. The van der Waals surface area contributed by atoms with E-state index in [1.165, 1.54) is 12.2 Å². The number of aliphatic hydroxyl groups is 1. The molecule has 0 aromatic carbocycles. The summed E-state index contributed by atoms with van der Waals surface area (Å²) < 4.78 is 0. The monoisotopic (exact) mass is 273 g/mol. The fourth-order valence-electron chi connectivity index (χ4n) is 3.02.